The monoisotopic (exact) mass is 226 g/mol. The molecule has 3 heteroatoms. The molecule has 2 aromatic carbocycles. The van der Waals surface area contributed by atoms with E-state index in [0.717, 1.165) is 11.3 Å². The Balaban J connectivity index is 2.30. The average Bonchev–Trinajstić information content (AvgIpc) is 2.39. The molecule has 0 bridgehead atoms. The van der Waals surface area contributed by atoms with E-state index in [0.29, 0.717) is 5.56 Å². The molecule has 2 aromatic rings. The van der Waals surface area contributed by atoms with Gasteiger partial charge in [-0.25, -0.2) is 10.9 Å². The van der Waals surface area contributed by atoms with Crippen LogP contribution in [0.15, 0.2) is 54.6 Å². The normalized spacial score (nSPS) is 10.0. The van der Waals surface area contributed by atoms with Crippen LogP contribution in [0.5, 0.6) is 0 Å². The van der Waals surface area contributed by atoms with Gasteiger partial charge in [0, 0.05) is 5.56 Å². The third kappa shape index (κ3) is 2.34. The standard InChI is InChI=1S/C14H14N2O/c1-11-7-5-6-10-13(11)16(15)14(17)12-8-3-2-4-9-12/h2-10H,15H2,1H3. The minimum Gasteiger partial charge on any atom is -0.267 e. The summed E-state index contributed by atoms with van der Waals surface area (Å²) in [5.41, 5.74) is 2.28. The number of anilines is 1. The lowest BCUT2D eigenvalue weighted by Crippen LogP contribution is -2.37. The second-order valence-electron chi connectivity index (χ2n) is 3.83. The molecule has 86 valence electrons. The average molecular weight is 226 g/mol. The Morgan fingerprint density at radius 1 is 1.00 bits per heavy atom. The molecule has 3 nitrogen and oxygen atoms in total. The summed E-state index contributed by atoms with van der Waals surface area (Å²) in [6.07, 6.45) is 0. The maximum atomic E-state index is 12.1. The van der Waals surface area contributed by atoms with Crippen LogP contribution in [0.2, 0.25) is 0 Å². The van der Waals surface area contributed by atoms with E-state index in [1.165, 1.54) is 5.01 Å². The van der Waals surface area contributed by atoms with Crippen molar-refractivity contribution in [2.24, 2.45) is 5.84 Å². The number of hydrogen-bond donors (Lipinski definition) is 1. The molecule has 0 unspecified atom stereocenters. The molecule has 0 fully saturated rings. The summed E-state index contributed by atoms with van der Waals surface area (Å²) in [7, 11) is 0. The maximum absolute atomic E-state index is 12.1. The van der Waals surface area contributed by atoms with E-state index in [1.54, 1.807) is 12.1 Å². The Hall–Kier alpha value is -2.13. The number of hydrazine groups is 1. The van der Waals surface area contributed by atoms with Crippen molar-refractivity contribution < 1.29 is 4.79 Å². The number of carbonyl (C=O) groups excluding carboxylic acids is 1. The van der Waals surface area contributed by atoms with Gasteiger partial charge in [0.2, 0.25) is 0 Å². The van der Waals surface area contributed by atoms with Crippen LogP contribution in [-0.2, 0) is 0 Å². The fourth-order valence-corrected chi connectivity index (χ4v) is 1.66. The van der Waals surface area contributed by atoms with Crippen molar-refractivity contribution in [2.45, 2.75) is 6.92 Å². The quantitative estimate of drug-likeness (QED) is 0.486. The van der Waals surface area contributed by atoms with Gasteiger partial charge < -0.3 is 0 Å². The zero-order valence-electron chi connectivity index (χ0n) is 9.63. The summed E-state index contributed by atoms with van der Waals surface area (Å²) in [4.78, 5) is 12.1. The van der Waals surface area contributed by atoms with Crippen molar-refractivity contribution in [1.29, 1.82) is 0 Å². The number of para-hydroxylation sites is 1. The molecule has 0 radical (unpaired) electrons. The predicted molar refractivity (Wildman–Crippen MR) is 68.6 cm³/mol. The molecule has 0 atom stereocenters. The lowest BCUT2D eigenvalue weighted by atomic mass is 10.1. The number of rotatable bonds is 2. The van der Waals surface area contributed by atoms with Crippen molar-refractivity contribution in [3.8, 4) is 0 Å². The minimum atomic E-state index is -0.208. The highest BCUT2D eigenvalue weighted by molar-refractivity contribution is 6.05. The summed E-state index contributed by atoms with van der Waals surface area (Å²) in [5, 5.41) is 1.19. The van der Waals surface area contributed by atoms with Gasteiger partial charge in [-0.2, -0.15) is 0 Å². The van der Waals surface area contributed by atoms with Gasteiger partial charge in [0.05, 0.1) is 5.69 Å². The highest BCUT2D eigenvalue weighted by atomic mass is 16.2. The van der Waals surface area contributed by atoms with Crippen LogP contribution in [0.3, 0.4) is 0 Å². The van der Waals surface area contributed by atoms with Gasteiger partial charge in [0.1, 0.15) is 0 Å². The van der Waals surface area contributed by atoms with Crippen LogP contribution in [0, 0.1) is 6.92 Å². The molecule has 0 aliphatic carbocycles. The molecule has 0 heterocycles. The first-order chi connectivity index (χ1) is 8.20. The van der Waals surface area contributed by atoms with E-state index in [4.69, 9.17) is 5.84 Å². The number of carbonyl (C=O) groups is 1. The van der Waals surface area contributed by atoms with Gasteiger partial charge >= 0.3 is 0 Å². The maximum Gasteiger partial charge on any atom is 0.272 e. The molecule has 0 spiro atoms. The van der Waals surface area contributed by atoms with Crippen molar-refractivity contribution in [1.82, 2.24) is 0 Å². The minimum absolute atomic E-state index is 0.208. The van der Waals surface area contributed by atoms with Crippen LogP contribution in [0.25, 0.3) is 0 Å². The van der Waals surface area contributed by atoms with E-state index in [-0.39, 0.29) is 5.91 Å². The summed E-state index contributed by atoms with van der Waals surface area (Å²) < 4.78 is 0. The van der Waals surface area contributed by atoms with Gasteiger partial charge in [0.15, 0.2) is 0 Å². The van der Waals surface area contributed by atoms with Crippen LogP contribution in [0.1, 0.15) is 15.9 Å². The highest BCUT2D eigenvalue weighted by Gasteiger charge is 2.14. The number of nitrogens with two attached hydrogens (primary N) is 1. The van der Waals surface area contributed by atoms with Gasteiger partial charge in [0.25, 0.3) is 5.91 Å². The molecule has 0 saturated carbocycles. The second kappa shape index (κ2) is 4.80. The van der Waals surface area contributed by atoms with E-state index < -0.39 is 0 Å². The predicted octanol–water partition coefficient (Wildman–Crippen LogP) is 2.52. The van der Waals surface area contributed by atoms with Gasteiger partial charge in [-0.15, -0.1) is 0 Å². The van der Waals surface area contributed by atoms with Crippen LogP contribution in [0.4, 0.5) is 5.69 Å². The van der Waals surface area contributed by atoms with Gasteiger partial charge in [-0.1, -0.05) is 36.4 Å². The molecule has 0 saturated heterocycles. The first-order valence-corrected chi connectivity index (χ1v) is 5.40. The topological polar surface area (TPSA) is 46.3 Å². The Labute approximate surface area is 100 Å². The first-order valence-electron chi connectivity index (χ1n) is 5.40. The number of nitrogens with zero attached hydrogens (tertiary/aromatic N) is 1. The number of aryl methyl sites for hydroxylation is 1. The number of benzene rings is 2. The number of hydrogen-bond acceptors (Lipinski definition) is 2. The number of amides is 1. The molecule has 2 N–H and O–H groups in total. The highest BCUT2D eigenvalue weighted by Crippen LogP contribution is 2.18. The molecule has 0 aromatic heterocycles. The lowest BCUT2D eigenvalue weighted by Gasteiger charge is -2.18. The SMILES string of the molecule is Cc1ccccc1N(N)C(=O)c1ccccc1. The van der Waals surface area contributed by atoms with E-state index in [1.807, 2.05) is 49.4 Å². The first kappa shape index (κ1) is 11.4. The van der Waals surface area contributed by atoms with Crippen molar-refractivity contribution in [3.05, 3.63) is 65.7 Å². The summed E-state index contributed by atoms with van der Waals surface area (Å²) in [6.45, 7) is 1.92. The molecule has 0 aliphatic rings. The Morgan fingerprint density at radius 2 is 1.59 bits per heavy atom. The lowest BCUT2D eigenvalue weighted by molar-refractivity contribution is 0.0986. The van der Waals surface area contributed by atoms with Crippen LogP contribution >= 0.6 is 0 Å². The summed E-state index contributed by atoms with van der Waals surface area (Å²) in [6, 6.07) is 16.5. The third-order valence-corrected chi connectivity index (χ3v) is 2.61. The van der Waals surface area contributed by atoms with E-state index in [9.17, 15) is 4.79 Å². The molecule has 17 heavy (non-hydrogen) atoms. The largest absolute Gasteiger partial charge is 0.272 e. The van der Waals surface area contributed by atoms with Crippen molar-refractivity contribution in [3.63, 3.8) is 0 Å². The van der Waals surface area contributed by atoms with E-state index in [2.05, 4.69) is 0 Å². The van der Waals surface area contributed by atoms with Crippen molar-refractivity contribution >= 4 is 11.6 Å². The fourth-order valence-electron chi connectivity index (χ4n) is 1.66. The molecule has 2 rings (SSSR count). The fraction of sp³-hybridized carbons (Fsp3) is 0.0714. The zero-order valence-corrected chi connectivity index (χ0v) is 9.63. The molecule has 1 amide bonds. The Kier molecular flexibility index (Phi) is 3.21. The smallest absolute Gasteiger partial charge is 0.267 e. The van der Waals surface area contributed by atoms with E-state index >= 15 is 0 Å². The van der Waals surface area contributed by atoms with Crippen molar-refractivity contribution in [2.75, 3.05) is 5.01 Å². The second-order valence-corrected chi connectivity index (χ2v) is 3.83. The molecular weight excluding hydrogens is 212 g/mol. The van der Waals surface area contributed by atoms with Crippen LogP contribution < -0.4 is 10.9 Å². The molecule has 0 aliphatic heterocycles. The third-order valence-electron chi connectivity index (χ3n) is 2.61. The van der Waals surface area contributed by atoms with Gasteiger partial charge in [-0.05, 0) is 30.7 Å². The van der Waals surface area contributed by atoms with Crippen LogP contribution in [-0.4, -0.2) is 5.91 Å². The Morgan fingerprint density at radius 3 is 2.24 bits per heavy atom. The molecular formula is C14H14N2O. The zero-order chi connectivity index (χ0) is 12.3. The summed E-state index contributed by atoms with van der Waals surface area (Å²) in [5.74, 6) is 5.65. The summed E-state index contributed by atoms with van der Waals surface area (Å²) >= 11 is 0. The van der Waals surface area contributed by atoms with Gasteiger partial charge in [-0.3, -0.25) is 4.79 Å². The Bertz CT molecular complexity index is 523.